The zero-order valence-electron chi connectivity index (χ0n) is 15.6. The van der Waals surface area contributed by atoms with E-state index in [0.717, 1.165) is 36.5 Å². The maximum absolute atomic E-state index is 12.9. The number of ether oxygens (including phenoxy) is 1. The number of methoxy groups -OCH3 is 1. The molecule has 0 N–H and O–H groups in total. The Kier molecular flexibility index (Phi) is 5.65. The minimum atomic E-state index is -3.42. The van der Waals surface area contributed by atoms with Crippen molar-refractivity contribution in [2.45, 2.75) is 25.3 Å². The molecule has 0 amide bonds. The molecule has 140 valence electrons. The van der Waals surface area contributed by atoms with Crippen LogP contribution in [0.4, 0.5) is 0 Å². The van der Waals surface area contributed by atoms with Gasteiger partial charge in [-0.25, -0.2) is 8.42 Å². The first-order chi connectivity index (χ1) is 12.4. The topological polar surface area (TPSA) is 49.9 Å². The number of nitrogens with zero attached hydrogens (tertiary/aromatic N) is 2. The van der Waals surface area contributed by atoms with Crippen LogP contribution in [0.2, 0.25) is 0 Å². The Balaban J connectivity index is 1.64. The Morgan fingerprint density at radius 2 is 1.69 bits per heavy atom. The van der Waals surface area contributed by atoms with Crippen LogP contribution in [0.15, 0.2) is 47.4 Å². The SMILES string of the molecule is COc1cccc(CN2CCN(S(=O)(=O)c3ccc(C)c(C)c3)CC2)c1. The van der Waals surface area contributed by atoms with E-state index in [1.807, 2.05) is 38.1 Å². The van der Waals surface area contributed by atoms with E-state index in [0.29, 0.717) is 18.0 Å². The van der Waals surface area contributed by atoms with Gasteiger partial charge in [-0.3, -0.25) is 4.90 Å². The summed E-state index contributed by atoms with van der Waals surface area (Å²) in [7, 11) is -1.76. The molecular formula is C20H26N2O3S. The molecule has 0 spiro atoms. The van der Waals surface area contributed by atoms with Crippen LogP contribution < -0.4 is 4.74 Å². The summed E-state index contributed by atoms with van der Waals surface area (Å²) in [5, 5.41) is 0. The van der Waals surface area contributed by atoms with Crippen molar-refractivity contribution in [3.63, 3.8) is 0 Å². The van der Waals surface area contributed by atoms with Crippen molar-refractivity contribution >= 4 is 10.0 Å². The van der Waals surface area contributed by atoms with E-state index in [1.54, 1.807) is 23.5 Å². The van der Waals surface area contributed by atoms with Gasteiger partial charge in [0.05, 0.1) is 12.0 Å². The van der Waals surface area contributed by atoms with Crippen molar-refractivity contribution in [3.05, 3.63) is 59.2 Å². The summed E-state index contributed by atoms with van der Waals surface area (Å²) in [6.45, 7) is 7.21. The fourth-order valence-corrected chi connectivity index (χ4v) is 4.69. The second-order valence-electron chi connectivity index (χ2n) is 6.78. The Morgan fingerprint density at radius 3 is 2.35 bits per heavy atom. The lowest BCUT2D eigenvalue weighted by Crippen LogP contribution is -2.48. The molecule has 2 aromatic carbocycles. The minimum absolute atomic E-state index is 0.391. The molecule has 0 aliphatic carbocycles. The van der Waals surface area contributed by atoms with Crippen LogP contribution in [-0.2, 0) is 16.6 Å². The summed E-state index contributed by atoms with van der Waals surface area (Å²) in [6.07, 6.45) is 0. The fourth-order valence-electron chi connectivity index (χ4n) is 3.18. The zero-order valence-corrected chi connectivity index (χ0v) is 16.4. The highest BCUT2D eigenvalue weighted by molar-refractivity contribution is 7.89. The Hall–Kier alpha value is -1.89. The normalized spacial score (nSPS) is 16.6. The molecule has 2 aromatic rings. The molecular weight excluding hydrogens is 348 g/mol. The number of benzene rings is 2. The Bertz CT molecular complexity index is 872. The highest BCUT2D eigenvalue weighted by Gasteiger charge is 2.28. The molecule has 3 rings (SSSR count). The maximum Gasteiger partial charge on any atom is 0.243 e. The average Bonchev–Trinajstić information content (AvgIpc) is 2.64. The van der Waals surface area contributed by atoms with E-state index in [2.05, 4.69) is 11.0 Å². The molecule has 0 saturated carbocycles. The number of hydrogen-bond donors (Lipinski definition) is 0. The summed E-state index contributed by atoms with van der Waals surface area (Å²) in [5.74, 6) is 0.846. The van der Waals surface area contributed by atoms with E-state index in [4.69, 9.17) is 4.74 Å². The molecule has 1 saturated heterocycles. The maximum atomic E-state index is 12.9. The van der Waals surface area contributed by atoms with Crippen molar-refractivity contribution < 1.29 is 13.2 Å². The molecule has 1 fully saturated rings. The molecule has 0 unspecified atom stereocenters. The van der Waals surface area contributed by atoms with Crippen molar-refractivity contribution in [2.24, 2.45) is 0 Å². The van der Waals surface area contributed by atoms with Crippen molar-refractivity contribution in [1.82, 2.24) is 9.21 Å². The minimum Gasteiger partial charge on any atom is -0.497 e. The van der Waals surface area contributed by atoms with E-state index >= 15 is 0 Å². The molecule has 5 nitrogen and oxygen atoms in total. The zero-order chi connectivity index (χ0) is 18.7. The molecule has 26 heavy (non-hydrogen) atoms. The largest absolute Gasteiger partial charge is 0.497 e. The molecule has 1 aliphatic rings. The van der Waals surface area contributed by atoms with Gasteiger partial charge in [-0.2, -0.15) is 4.31 Å². The van der Waals surface area contributed by atoms with Crippen molar-refractivity contribution in [1.29, 1.82) is 0 Å². The van der Waals surface area contributed by atoms with E-state index in [9.17, 15) is 8.42 Å². The van der Waals surface area contributed by atoms with E-state index < -0.39 is 10.0 Å². The Morgan fingerprint density at radius 1 is 0.962 bits per heavy atom. The number of piperazine rings is 1. The van der Waals surface area contributed by atoms with Crippen molar-refractivity contribution in [3.8, 4) is 5.75 Å². The number of rotatable bonds is 5. The third-order valence-corrected chi connectivity index (χ3v) is 6.88. The summed E-state index contributed by atoms with van der Waals surface area (Å²) in [4.78, 5) is 2.67. The van der Waals surface area contributed by atoms with Crippen LogP contribution in [0.1, 0.15) is 16.7 Å². The first-order valence-corrected chi connectivity index (χ1v) is 10.3. The van der Waals surface area contributed by atoms with Gasteiger partial charge in [0.15, 0.2) is 0 Å². The second kappa shape index (κ2) is 7.78. The molecule has 6 heteroatoms. The van der Waals surface area contributed by atoms with Gasteiger partial charge in [-0.1, -0.05) is 18.2 Å². The molecule has 0 radical (unpaired) electrons. The number of hydrogen-bond acceptors (Lipinski definition) is 4. The van der Waals surface area contributed by atoms with Gasteiger partial charge >= 0.3 is 0 Å². The fraction of sp³-hybridized carbons (Fsp3) is 0.400. The summed E-state index contributed by atoms with van der Waals surface area (Å²) in [5.41, 5.74) is 3.28. The summed E-state index contributed by atoms with van der Waals surface area (Å²) < 4.78 is 32.6. The van der Waals surface area contributed by atoms with Crippen LogP contribution >= 0.6 is 0 Å². The predicted molar refractivity (Wildman–Crippen MR) is 103 cm³/mol. The lowest BCUT2D eigenvalue weighted by Gasteiger charge is -2.34. The lowest BCUT2D eigenvalue weighted by atomic mass is 10.1. The van der Waals surface area contributed by atoms with E-state index in [1.165, 1.54) is 5.56 Å². The number of sulfonamides is 1. The monoisotopic (exact) mass is 374 g/mol. The van der Waals surface area contributed by atoms with Crippen LogP contribution in [0.5, 0.6) is 5.75 Å². The van der Waals surface area contributed by atoms with Crippen molar-refractivity contribution in [2.75, 3.05) is 33.3 Å². The van der Waals surface area contributed by atoms with Gasteiger partial charge in [0, 0.05) is 32.7 Å². The smallest absolute Gasteiger partial charge is 0.243 e. The van der Waals surface area contributed by atoms with Gasteiger partial charge < -0.3 is 4.74 Å². The van der Waals surface area contributed by atoms with Gasteiger partial charge in [-0.05, 0) is 54.8 Å². The summed E-state index contributed by atoms with van der Waals surface area (Å²) in [6, 6.07) is 13.4. The quantitative estimate of drug-likeness (QED) is 0.808. The molecule has 0 bridgehead atoms. The summed E-state index contributed by atoms with van der Waals surface area (Å²) >= 11 is 0. The van der Waals surface area contributed by atoms with Gasteiger partial charge in [0.2, 0.25) is 10.0 Å². The predicted octanol–water partition coefficient (Wildman–Crippen LogP) is 2.82. The lowest BCUT2D eigenvalue weighted by molar-refractivity contribution is 0.181. The average molecular weight is 375 g/mol. The highest BCUT2D eigenvalue weighted by atomic mass is 32.2. The Labute approximate surface area is 156 Å². The standard InChI is InChI=1S/C20H26N2O3S/c1-16-7-8-20(13-17(16)2)26(23,24)22-11-9-21(10-12-22)15-18-5-4-6-19(14-18)25-3/h4-8,13-14H,9-12,15H2,1-3H3. The van der Waals surface area contributed by atoms with Gasteiger partial charge in [0.1, 0.15) is 5.75 Å². The highest BCUT2D eigenvalue weighted by Crippen LogP contribution is 2.21. The van der Waals surface area contributed by atoms with Crippen LogP contribution in [0.3, 0.4) is 0 Å². The van der Waals surface area contributed by atoms with Gasteiger partial charge in [0.25, 0.3) is 0 Å². The van der Waals surface area contributed by atoms with Gasteiger partial charge in [-0.15, -0.1) is 0 Å². The second-order valence-corrected chi connectivity index (χ2v) is 8.72. The van der Waals surface area contributed by atoms with Crippen LogP contribution in [-0.4, -0.2) is 50.9 Å². The first-order valence-electron chi connectivity index (χ1n) is 8.83. The first kappa shape index (κ1) is 18.9. The molecule has 0 atom stereocenters. The third kappa shape index (κ3) is 4.09. The molecule has 1 aliphatic heterocycles. The molecule has 1 heterocycles. The third-order valence-electron chi connectivity index (χ3n) is 4.99. The van der Waals surface area contributed by atoms with Crippen LogP contribution in [0, 0.1) is 13.8 Å². The number of aryl methyl sites for hydroxylation is 2. The van der Waals surface area contributed by atoms with Crippen LogP contribution in [0.25, 0.3) is 0 Å². The molecule has 0 aromatic heterocycles. The van der Waals surface area contributed by atoms with E-state index in [-0.39, 0.29) is 0 Å².